The second-order valence-electron chi connectivity index (χ2n) is 6.46. The third-order valence-corrected chi connectivity index (χ3v) is 4.47. The minimum atomic E-state index is 0.937. The molecule has 2 aliphatic rings. The predicted octanol–water partition coefficient (Wildman–Crippen LogP) is 2.59. The van der Waals surface area contributed by atoms with Gasteiger partial charge in [-0.3, -0.25) is 4.90 Å². The number of nitrogens with zero attached hydrogens (tertiary/aromatic N) is 2. The standard InChI is InChI=1S/C9H20N2.C9H19NO/c1-2-3-4-7-11-8-5-10-6-9-11;1-2-3-4-5-10-6-8-11-9-7-10/h10H,2-9H2,1H3;2-9H2,1H3. The average molecular weight is 314 g/mol. The quantitative estimate of drug-likeness (QED) is 0.697. The molecule has 0 aromatic carbocycles. The van der Waals surface area contributed by atoms with Gasteiger partial charge in [-0.25, -0.2) is 0 Å². The van der Waals surface area contributed by atoms with Crippen molar-refractivity contribution in [3.05, 3.63) is 0 Å². The Morgan fingerprint density at radius 2 is 1.23 bits per heavy atom. The lowest BCUT2D eigenvalue weighted by atomic mass is 10.2. The van der Waals surface area contributed by atoms with Gasteiger partial charge >= 0.3 is 0 Å². The molecule has 0 atom stereocenters. The lowest BCUT2D eigenvalue weighted by Crippen LogP contribution is -2.43. The van der Waals surface area contributed by atoms with Gasteiger partial charge in [-0.15, -0.1) is 0 Å². The molecule has 2 fully saturated rings. The van der Waals surface area contributed by atoms with Crippen molar-refractivity contribution in [1.29, 1.82) is 0 Å². The van der Waals surface area contributed by atoms with Crippen molar-refractivity contribution in [3.63, 3.8) is 0 Å². The molecule has 0 unspecified atom stereocenters. The van der Waals surface area contributed by atoms with Crippen LogP contribution < -0.4 is 5.32 Å². The smallest absolute Gasteiger partial charge is 0.0594 e. The van der Waals surface area contributed by atoms with E-state index in [9.17, 15) is 0 Å². The number of piperazine rings is 1. The van der Waals surface area contributed by atoms with Gasteiger partial charge in [-0.2, -0.15) is 0 Å². The van der Waals surface area contributed by atoms with Gasteiger partial charge < -0.3 is 15.0 Å². The zero-order valence-corrected chi connectivity index (χ0v) is 15.1. The summed E-state index contributed by atoms with van der Waals surface area (Å²) in [4.78, 5) is 5.06. The molecule has 2 rings (SSSR count). The third-order valence-electron chi connectivity index (χ3n) is 4.47. The minimum Gasteiger partial charge on any atom is -0.379 e. The second kappa shape index (κ2) is 14.4. The maximum absolute atomic E-state index is 5.26. The zero-order valence-electron chi connectivity index (χ0n) is 15.1. The van der Waals surface area contributed by atoms with Crippen LogP contribution >= 0.6 is 0 Å². The summed E-state index contributed by atoms with van der Waals surface area (Å²) in [6, 6.07) is 0. The molecule has 0 saturated carbocycles. The van der Waals surface area contributed by atoms with Crippen LogP contribution in [0.5, 0.6) is 0 Å². The highest BCUT2D eigenvalue weighted by Crippen LogP contribution is 2.01. The molecule has 1 N–H and O–H groups in total. The van der Waals surface area contributed by atoms with Crippen LogP contribution in [-0.4, -0.2) is 75.4 Å². The van der Waals surface area contributed by atoms with E-state index in [4.69, 9.17) is 4.74 Å². The van der Waals surface area contributed by atoms with Crippen LogP contribution in [0.4, 0.5) is 0 Å². The summed E-state index contributed by atoms with van der Waals surface area (Å²) >= 11 is 0. The maximum Gasteiger partial charge on any atom is 0.0594 e. The number of unbranched alkanes of at least 4 members (excludes halogenated alkanes) is 4. The SMILES string of the molecule is CCCCCN1CCNCC1.CCCCCN1CCOCC1. The molecule has 0 aromatic heterocycles. The molecule has 0 aromatic rings. The molecule has 2 saturated heterocycles. The topological polar surface area (TPSA) is 27.7 Å². The van der Waals surface area contributed by atoms with Gasteiger partial charge in [0.15, 0.2) is 0 Å². The highest BCUT2D eigenvalue weighted by molar-refractivity contribution is 4.66. The van der Waals surface area contributed by atoms with Gasteiger partial charge in [-0.1, -0.05) is 39.5 Å². The number of hydrogen-bond donors (Lipinski definition) is 1. The zero-order chi connectivity index (χ0) is 15.9. The second-order valence-corrected chi connectivity index (χ2v) is 6.46. The molecule has 0 spiro atoms. The summed E-state index contributed by atoms with van der Waals surface area (Å²) in [7, 11) is 0. The third kappa shape index (κ3) is 10.5. The molecule has 2 aliphatic heterocycles. The van der Waals surface area contributed by atoms with E-state index in [1.807, 2.05) is 0 Å². The summed E-state index contributed by atoms with van der Waals surface area (Å²) in [6.45, 7) is 16.1. The molecule has 0 bridgehead atoms. The lowest BCUT2D eigenvalue weighted by Gasteiger charge is -2.26. The fraction of sp³-hybridized carbons (Fsp3) is 1.00. The Kier molecular flexibility index (Phi) is 13.0. The summed E-state index contributed by atoms with van der Waals surface area (Å²) < 4.78 is 5.26. The van der Waals surface area contributed by atoms with E-state index in [0.29, 0.717) is 0 Å². The van der Waals surface area contributed by atoms with Crippen LogP contribution in [0, 0.1) is 0 Å². The van der Waals surface area contributed by atoms with E-state index >= 15 is 0 Å². The Bertz CT molecular complexity index is 202. The molecule has 4 nitrogen and oxygen atoms in total. The van der Waals surface area contributed by atoms with Crippen molar-refractivity contribution < 1.29 is 4.74 Å². The van der Waals surface area contributed by atoms with Crippen molar-refractivity contribution in [3.8, 4) is 0 Å². The van der Waals surface area contributed by atoms with Gasteiger partial charge in [0.2, 0.25) is 0 Å². The number of ether oxygens (including phenoxy) is 1. The molecular weight excluding hydrogens is 274 g/mol. The summed E-state index contributed by atoms with van der Waals surface area (Å²) in [5.74, 6) is 0. The molecule has 0 aliphatic carbocycles. The average Bonchev–Trinajstić information content (AvgIpc) is 2.58. The number of rotatable bonds is 8. The molecule has 4 heteroatoms. The van der Waals surface area contributed by atoms with Crippen molar-refractivity contribution >= 4 is 0 Å². The number of hydrogen-bond acceptors (Lipinski definition) is 4. The van der Waals surface area contributed by atoms with Crippen molar-refractivity contribution in [2.24, 2.45) is 0 Å². The van der Waals surface area contributed by atoms with Crippen LogP contribution in [0.2, 0.25) is 0 Å². The van der Waals surface area contributed by atoms with Gasteiger partial charge in [0.05, 0.1) is 13.2 Å². The van der Waals surface area contributed by atoms with E-state index in [1.54, 1.807) is 0 Å². The summed E-state index contributed by atoms with van der Waals surface area (Å²) in [6.07, 6.45) is 8.17. The normalized spacial score (nSPS) is 20.5. The fourth-order valence-corrected chi connectivity index (χ4v) is 2.93. The first-order valence-electron chi connectivity index (χ1n) is 9.60. The fourth-order valence-electron chi connectivity index (χ4n) is 2.93. The molecule has 2 heterocycles. The van der Waals surface area contributed by atoms with E-state index in [-0.39, 0.29) is 0 Å². The van der Waals surface area contributed by atoms with Crippen LogP contribution in [0.15, 0.2) is 0 Å². The Balaban J connectivity index is 0.000000220. The highest BCUT2D eigenvalue weighted by Gasteiger charge is 2.08. The monoisotopic (exact) mass is 313 g/mol. The lowest BCUT2D eigenvalue weighted by molar-refractivity contribution is 0.0372. The van der Waals surface area contributed by atoms with Gasteiger partial charge in [0.25, 0.3) is 0 Å². The maximum atomic E-state index is 5.26. The summed E-state index contributed by atoms with van der Waals surface area (Å²) in [5, 5.41) is 3.36. The van der Waals surface area contributed by atoms with Crippen LogP contribution in [-0.2, 0) is 4.74 Å². The van der Waals surface area contributed by atoms with E-state index in [1.165, 1.54) is 77.8 Å². The Hall–Kier alpha value is -0.160. The van der Waals surface area contributed by atoms with E-state index in [0.717, 1.165) is 26.3 Å². The molecular formula is C18H39N3O. The molecule has 22 heavy (non-hydrogen) atoms. The van der Waals surface area contributed by atoms with E-state index in [2.05, 4.69) is 29.0 Å². The summed E-state index contributed by atoms with van der Waals surface area (Å²) in [5.41, 5.74) is 0. The Morgan fingerprint density at radius 3 is 1.73 bits per heavy atom. The van der Waals surface area contributed by atoms with Gasteiger partial charge in [0.1, 0.15) is 0 Å². The highest BCUT2D eigenvalue weighted by atomic mass is 16.5. The molecule has 132 valence electrons. The Labute approximate surface area is 138 Å². The first-order valence-corrected chi connectivity index (χ1v) is 9.60. The largest absolute Gasteiger partial charge is 0.379 e. The Morgan fingerprint density at radius 1 is 0.727 bits per heavy atom. The predicted molar refractivity (Wildman–Crippen MR) is 95.6 cm³/mol. The van der Waals surface area contributed by atoms with Crippen LogP contribution in [0.25, 0.3) is 0 Å². The minimum absolute atomic E-state index is 0.937. The van der Waals surface area contributed by atoms with Gasteiger partial charge in [0, 0.05) is 39.3 Å². The van der Waals surface area contributed by atoms with Crippen LogP contribution in [0.3, 0.4) is 0 Å². The van der Waals surface area contributed by atoms with Crippen molar-refractivity contribution in [1.82, 2.24) is 15.1 Å². The van der Waals surface area contributed by atoms with Crippen molar-refractivity contribution in [2.45, 2.75) is 52.4 Å². The van der Waals surface area contributed by atoms with E-state index < -0.39 is 0 Å². The van der Waals surface area contributed by atoms with Crippen LogP contribution in [0.1, 0.15) is 52.4 Å². The molecule has 0 radical (unpaired) electrons. The number of morpholine rings is 1. The molecule has 0 amide bonds. The first kappa shape index (κ1) is 19.9. The van der Waals surface area contributed by atoms with Gasteiger partial charge in [-0.05, 0) is 25.9 Å². The number of nitrogens with one attached hydrogen (secondary N) is 1. The van der Waals surface area contributed by atoms with Crippen molar-refractivity contribution in [2.75, 3.05) is 65.6 Å². The first-order chi connectivity index (χ1) is 10.9.